The molecule has 4 heteroatoms. The summed E-state index contributed by atoms with van der Waals surface area (Å²) >= 11 is 0. The van der Waals surface area contributed by atoms with Gasteiger partial charge in [-0.25, -0.2) is 0 Å². The van der Waals surface area contributed by atoms with Gasteiger partial charge in [-0.2, -0.15) is 0 Å². The Morgan fingerprint density at radius 2 is 1.45 bits per heavy atom. The number of carboxylic acids is 1. The number of rotatable bonds is 3. The molecule has 4 nitrogen and oxygen atoms in total. The second-order valence-corrected chi connectivity index (χ2v) is 5.97. The van der Waals surface area contributed by atoms with Crippen LogP contribution in [0.3, 0.4) is 0 Å². The number of carboxylic acid groups (broad SMARTS) is 1. The van der Waals surface area contributed by atoms with Crippen molar-refractivity contribution in [1.29, 1.82) is 0 Å². The Hall–Kier alpha value is -1.06. The van der Waals surface area contributed by atoms with Gasteiger partial charge in [-0.3, -0.25) is 9.59 Å². The number of carbonyl (C=O) groups is 2. The Morgan fingerprint density at radius 3 is 1.90 bits per heavy atom. The molecule has 0 saturated heterocycles. The molecule has 0 atom stereocenters. The summed E-state index contributed by atoms with van der Waals surface area (Å²) in [5.41, 5.74) is 0. The zero-order valence-corrected chi connectivity index (χ0v) is 12.6. The molecule has 0 heterocycles. The van der Waals surface area contributed by atoms with Crippen molar-refractivity contribution in [3.05, 3.63) is 0 Å². The zero-order chi connectivity index (χ0) is 14.8. The first-order valence-electron chi connectivity index (χ1n) is 7.97. The van der Waals surface area contributed by atoms with E-state index in [1.165, 1.54) is 45.4 Å². The van der Waals surface area contributed by atoms with E-state index in [4.69, 9.17) is 9.84 Å². The molecule has 0 bridgehead atoms. The molecule has 0 aromatic heterocycles. The maximum atomic E-state index is 10.5. The van der Waals surface area contributed by atoms with Crippen LogP contribution in [-0.2, 0) is 14.3 Å². The van der Waals surface area contributed by atoms with Crippen LogP contribution < -0.4 is 0 Å². The van der Waals surface area contributed by atoms with Crippen LogP contribution in [-0.4, -0.2) is 23.1 Å². The van der Waals surface area contributed by atoms with E-state index in [0.717, 1.165) is 25.7 Å². The number of ether oxygens (including phenoxy) is 1. The van der Waals surface area contributed by atoms with Gasteiger partial charge in [0.15, 0.2) is 0 Å². The lowest BCUT2D eigenvalue weighted by atomic mass is 9.87. The van der Waals surface area contributed by atoms with Gasteiger partial charge >= 0.3 is 11.9 Å². The average molecular weight is 284 g/mol. The van der Waals surface area contributed by atoms with E-state index in [9.17, 15) is 9.59 Å². The van der Waals surface area contributed by atoms with Crippen molar-refractivity contribution in [3.63, 3.8) is 0 Å². The topological polar surface area (TPSA) is 63.6 Å². The smallest absolute Gasteiger partial charge is 0.303 e. The van der Waals surface area contributed by atoms with Crippen LogP contribution in [0.4, 0.5) is 0 Å². The van der Waals surface area contributed by atoms with Gasteiger partial charge in [0.25, 0.3) is 0 Å². The molecule has 116 valence electrons. The number of carbonyl (C=O) groups excluding carboxylic acids is 1. The van der Waals surface area contributed by atoms with E-state index < -0.39 is 5.97 Å². The highest BCUT2D eigenvalue weighted by Gasteiger charge is 2.16. The molecule has 0 spiro atoms. The molecule has 2 rings (SSSR count). The molecule has 0 amide bonds. The maximum Gasteiger partial charge on any atom is 0.303 e. The van der Waals surface area contributed by atoms with Gasteiger partial charge in [0, 0.05) is 13.3 Å². The second-order valence-electron chi connectivity index (χ2n) is 5.97. The van der Waals surface area contributed by atoms with Crippen molar-refractivity contribution in [3.8, 4) is 0 Å². The minimum absolute atomic E-state index is 0.132. The van der Waals surface area contributed by atoms with Crippen LogP contribution in [0, 0.1) is 5.92 Å². The minimum atomic E-state index is -0.632. The number of esters is 1. The molecule has 0 aromatic carbocycles. The van der Waals surface area contributed by atoms with Gasteiger partial charge in [-0.1, -0.05) is 25.7 Å². The van der Waals surface area contributed by atoms with Crippen molar-refractivity contribution in [2.45, 2.75) is 83.7 Å². The summed E-state index contributed by atoms with van der Waals surface area (Å²) in [5, 5.41) is 8.47. The molecule has 0 unspecified atom stereocenters. The molecule has 1 N–H and O–H groups in total. The first kappa shape index (κ1) is 17.0. The van der Waals surface area contributed by atoms with Crippen molar-refractivity contribution in [2.75, 3.05) is 0 Å². The van der Waals surface area contributed by atoms with Crippen LogP contribution in [0.25, 0.3) is 0 Å². The summed E-state index contributed by atoms with van der Waals surface area (Å²) < 4.78 is 5.05. The van der Waals surface area contributed by atoms with E-state index in [1.54, 1.807) is 0 Å². The van der Waals surface area contributed by atoms with E-state index in [-0.39, 0.29) is 12.1 Å². The molecule has 0 radical (unpaired) electrons. The third-order valence-electron chi connectivity index (χ3n) is 4.07. The Labute approximate surface area is 121 Å². The van der Waals surface area contributed by atoms with Gasteiger partial charge in [0.1, 0.15) is 6.10 Å². The molecular formula is C16H28O4. The summed E-state index contributed by atoms with van der Waals surface area (Å²) in [6, 6.07) is 0. The van der Waals surface area contributed by atoms with Crippen LogP contribution in [0.15, 0.2) is 0 Å². The summed E-state index contributed by atoms with van der Waals surface area (Å²) in [6.45, 7) is 1.48. The van der Waals surface area contributed by atoms with Gasteiger partial charge in [-0.15, -0.1) is 0 Å². The molecule has 2 aliphatic carbocycles. The fourth-order valence-corrected chi connectivity index (χ4v) is 3.06. The Morgan fingerprint density at radius 1 is 0.950 bits per heavy atom. The van der Waals surface area contributed by atoms with Crippen LogP contribution in [0.5, 0.6) is 0 Å². The van der Waals surface area contributed by atoms with Crippen molar-refractivity contribution in [1.82, 2.24) is 0 Å². The predicted molar refractivity (Wildman–Crippen MR) is 77.5 cm³/mol. The SMILES string of the molecule is CC(=O)OC1CCCCC1.O=C(O)CC1CCCCC1. The van der Waals surface area contributed by atoms with Gasteiger partial charge in [0.05, 0.1) is 0 Å². The van der Waals surface area contributed by atoms with Gasteiger partial charge in [0.2, 0.25) is 0 Å². The molecule has 0 aromatic rings. The first-order valence-corrected chi connectivity index (χ1v) is 7.97. The summed E-state index contributed by atoms with van der Waals surface area (Å²) in [6.07, 6.45) is 12.5. The Kier molecular flexibility index (Phi) is 8.31. The monoisotopic (exact) mass is 284 g/mol. The molecule has 2 saturated carbocycles. The largest absolute Gasteiger partial charge is 0.481 e. The standard InChI is InChI=1S/2C8H14O2/c1-7(9)10-8-5-3-2-4-6-8;9-8(10)6-7-4-2-1-3-5-7/h8H,2-6H2,1H3;7H,1-6H2,(H,9,10). The fraction of sp³-hybridized carbons (Fsp3) is 0.875. The van der Waals surface area contributed by atoms with Gasteiger partial charge in [-0.05, 0) is 44.4 Å². The van der Waals surface area contributed by atoms with Crippen LogP contribution >= 0.6 is 0 Å². The second kappa shape index (κ2) is 9.78. The zero-order valence-electron chi connectivity index (χ0n) is 12.6. The fourth-order valence-electron chi connectivity index (χ4n) is 3.06. The number of aliphatic carboxylic acids is 1. The quantitative estimate of drug-likeness (QED) is 0.798. The third-order valence-corrected chi connectivity index (χ3v) is 4.07. The molecule has 2 aliphatic rings. The lowest BCUT2D eigenvalue weighted by Gasteiger charge is -2.20. The van der Waals surface area contributed by atoms with Crippen LogP contribution in [0.1, 0.15) is 77.6 Å². The van der Waals surface area contributed by atoms with Crippen LogP contribution in [0.2, 0.25) is 0 Å². The summed E-state index contributed by atoms with van der Waals surface area (Å²) in [4.78, 5) is 20.8. The number of hydrogen-bond acceptors (Lipinski definition) is 3. The van der Waals surface area contributed by atoms with E-state index in [0.29, 0.717) is 12.3 Å². The third kappa shape index (κ3) is 8.18. The Balaban J connectivity index is 0.000000200. The van der Waals surface area contributed by atoms with E-state index in [1.807, 2.05) is 0 Å². The molecule has 20 heavy (non-hydrogen) atoms. The van der Waals surface area contributed by atoms with E-state index in [2.05, 4.69) is 0 Å². The highest BCUT2D eigenvalue weighted by Crippen LogP contribution is 2.25. The summed E-state index contributed by atoms with van der Waals surface area (Å²) in [5.74, 6) is -0.287. The normalized spacial score (nSPS) is 20.6. The maximum absolute atomic E-state index is 10.5. The van der Waals surface area contributed by atoms with Crippen molar-refractivity contribution < 1.29 is 19.4 Å². The predicted octanol–water partition coefficient (Wildman–Crippen LogP) is 3.92. The summed E-state index contributed by atoms with van der Waals surface area (Å²) in [7, 11) is 0. The molecular weight excluding hydrogens is 256 g/mol. The molecule has 2 fully saturated rings. The highest BCUT2D eigenvalue weighted by molar-refractivity contribution is 5.67. The molecule has 0 aliphatic heterocycles. The van der Waals surface area contributed by atoms with Gasteiger partial charge < -0.3 is 9.84 Å². The highest BCUT2D eigenvalue weighted by atomic mass is 16.5. The lowest BCUT2D eigenvalue weighted by Crippen LogP contribution is -2.18. The van der Waals surface area contributed by atoms with E-state index >= 15 is 0 Å². The van der Waals surface area contributed by atoms with Crippen molar-refractivity contribution in [2.24, 2.45) is 5.92 Å². The lowest BCUT2D eigenvalue weighted by molar-refractivity contribution is -0.147. The average Bonchev–Trinajstić information content (AvgIpc) is 2.40. The van der Waals surface area contributed by atoms with Crippen molar-refractivity contribution >= 4 is 11.9 Å². The minimum Gasteiger partial charge on any atom is -0.481 e. The Bertz CT molecular complexity index is 259. The first-order chi connectivity index (χ1) is 9.58. The number of hydrogen-bond donors (Lipinski definition) is 1.